The average molecular weight is 425 g/mol. The molecule has 0 saturated carbocycles. The summed E-state index contributed by atoms with van der Waals surface area (Å²) < 4.78 is 2.80. The van der Waals surface area contributed by atoms with Crippen molar-refractivity contribution < 1.29 is 14.4 Å². The van der Waals surface area contributed by atoms with Crippen LogP contribution in [-0.2, 0) is 23.2 Å². The van der Waals surface area contributed by atoms with Crippen molar-refractivity contribution in [2.45, 2.75) is 19.4 Å². The molecule has 0 aliphatic carbocycles. The molecule has 10 heteroatoms. The van der Waals surface area contributed by atoms with Gasteiger partial charge in [0.25, 0.3) is 5.91 Å². The molecule has 0 unspecified atom stereocenters. The van der Waals surface area contributed by atoms with E-state index in [1.54, 1.807) is 31.3 Å². The molecule has 9 nitrogen and oxygen atoms in total. The SMILES string of the molecule is Cn1c(-c2cccs2)nn(CCNC(=O)c2ccc(N3C(=O)CCC3=O)cc2)c1=O. The average Bonchev–Trinajstić information content (AvgIpc) is 3.45. The maximum Gasteiger partial charge on any atom is 0.346 e. The number of hydrogen-bond donors (Lipinski definition) is 1. The highest BCUT2D eigenvalue weighted by molar-refractivity contribution is 7.13. The first-order valence-corrected chi connectivity index (χ1v) is 10.3. The summed E-state index contributed by atoms with van der Waals surface area (Å²) >= 11 is 1.50. The Labute approximate surface area is 175 Å². The van der Waals surface area contributed by atoms with E-state index in [1.165, 1.54) is 20.6 Å². The van der Waals surface area contributed by atoms with Crippen LogP contribution in [0.25, 0.3) is 10.7 Å². The monoisotopic (exact) mass is 425 g/mol. The quantitative estimate of drug-likeness (QED) is 0.601. The van der Waals surface area contributed by atoms with E-state index in [0.29, 0.717) is 17.1 Å². The molecule has 0 spiro atoms. The van der Waals surface area contributed by atoms with Gasteiger partial charge in [-0.2, -0.15) is 0 Å². The highest BCUT2D eigenvalue weighted by atomic mass is 32.1. The van der Waals surface area contributed by atoms with E-state index in [2.05, 4.69) is 10.4 Å². The highest BCUT2D eigenvalue weighted by Gasteiger charge is 2.30. The number of amides is 3. The lowest BCUT2D eigenvalue weighted by molar-refractivity contribution is -0.121. The molecule has 1 saturated heterocycles. The molecular formula is C20H19N5O4S. The Morgan fingerprint density at radius 3 is 2.43 bits per heavy atom. The molecule has 3 heterocycles. The lowest BCUT2D eigenvalue weighted by Gasteiger charge is -2.14. The highest BCUT2D eigenvalue weighted by Crippen LogP contribution is 2.23. The zero-order chi connectivity index (χ0) is 21.3. The van der Waals surface area contributed by atoms with Crippen molar-refractivity contribution in [1.82, 2.24) is 19.7 Å². The first-order valence-electron chi connectivity index (χ1n) is 9.37. The Balaban J connectivity index is 1.38. The molecule has 1 aromatic carbocycles. The zero-order valence-electron chi connectivity index (χ0n) is 16.2. The number of nitrogens with one attached hydrogen (secondary N) is 1. The van der Waals surface area contributed by atoms with Crippen LogP contribution in [0.5, 0.6) is 0 Å². The van der Waals surface area contributed by atoms with Crippen molar-refractivity contribution in [1.29, 1.82) is 0 Å². The van der Waals surface area contributed by atoms with E-state index in [0.717, 1.165) is 9.78 Å². The molecule has 1 aliphatic heterocycles. The standard InChI is InChI=1S/C20H19N5O4S/c1-23-18(15-3-2-12-30-15)22-24(20(23)29)11-10-21-19(28)13-4-6-14(7-5-13)25-16(26)8-9-17(25)27/h2-7,12H,8-11H2,1H3,(H,21,28). The van der Waals surface area contributed by atoms with Crippen LogP contribution in [0.1, 0.15) is 23.2 Å². The van der Waals surface area contributed by atoms with E-state index >= 15 is 0 Å². The van der Waals surface area contributed by atoms with Crippen molar-refractivity contribution in [3.05, 3.63) is 57.8 Å². The van der Waals surface area contributed by atoms with Gasteiger partial charge in [0.1, 0.15) is 0 Å². The third kappa shape index (κ3) is 3.69. The van der Waals surface area contributed by atoms with E-state index < -0.39 is 0 Å². The second kappa shape index (κ2) is 8.07. The summed E-state index contributed by atoms with van der Waals surface area (Å²) in [5.41, 5.74) is 0.600. The molecule has 0 radical (unpaired) electrons. The Kier molecular flexibility index (Phi) is 5.32. The van der Waals surface area contributed by atoms with Gasteiger partial charge in [-0.1, -0.05) is 6.07 Å². The first-order chi connectivity index (χ1) is 14.5. The van der Waals surface area contributed by atoms with Gasteiger partial charge in [0.2, 0.25) is 11.8 Å². The van der Waals surface area contributed by atoms with Crippen LogP contribution in [-0.4, -0.2) is 38.6 Å². The number of thiophene rings is 1. The molecule has 1 aliphatic rings. The van der Waals surface area contributed by atoms with Gasteiger partial charge < -0.3 is 5.32 Å². The molecule has 3 aromatic rings. The maximum atomic E-state index is 12.4. The number of aromatic nitrogens is 3. The smallest absolute Gasteiger partial charge is 0.346 e. The summed E-state index contributed by atoms with van der Waals surface area (Å²) in [5, 5.41) is 9.02. The number of hydrogen-bond acceptors (Lipinski definition) is 6. The summed E-state index contributed by atoms with van der Waals surface area (Å²) in [4.78, 5) is 50.3. The number of benzene rings is 1. The minimum atomic E-state index is -0.317. The minimum absolute atomic E-state index is 0.210. The second-order valence-corrected chi connectivity index (χ2v) is 7.74. The number of imide groups is 1. The predicted molar refractivity (Wildman–Crippen MR) is 111 cm³/mol. The number of anilines is 1. The van der Waals surface area contributed by atoms with Gasteiger partial charge in [0.05, 0.1) is 17.1 Å². The van der Waals surface area contributed by atoms with E-state index in [-0.39, 0.29) is 49.3 Å². The van der Waals surface area contributed by atoms with Gasteiger partial charge in [-0.15, -0.1) is 16.4 Å². The normalized spacial score (nSPS) is 13.8. The molecule has 2 aromatic heterocycles. The summed E-state index contributed by atoms with van der Waals surface area (Å²) in [7, 11) is 1.66. The third-order valence-corrected chi connectivity index (χ3v) is 5.70. The van der Waals surface area contributed by atoms with Gasteiger partial charge >= 0.3 is 5.69 Å². The lowest BCUT2D eigenvalue weighted by Crippen LogP contribution is -2.32. The van der Waals surface area contributed by atoms with E-state index in [4.69, 9.17) is 0 Å². The largest absolute Gasteiger partial charge is 0.350 e. The van der Waals surface area contributed by atoms with Crippen LogP contribution in [0.2, 0.25) is 0 Å². The van der Waals surface area contributed by atoms with E-state index in [9.17, 15) is 19.2 Å². The van der Waals surface area contributed by atoms with Gasteiger partial charge in [0.15, 0.2) is 5.82 Å². The Hall–Kier alpha value is -3.53. The van der Waals surface area contributed by atoms with Gasteiger partial charge in [-0.05, 0) is 35.7 Å². The molecular weight excluding hydrogens is 406 g/mol. The van der Waals surface area contributed by atoms with Crippen LogP contribution >= 0.6 is 11.3 Å². The fraction of sp³-hybridized carbons (Fsp3) is 0.250. The second-order valence-electron chi connectivity index (χ2n) is 6.79. The molecule has 30 heavy (non-hydrogen) atoms. The molecule has 154 valence electrons. The Bertz CT molecular complexity index is 1150. The fourth-order valence-corrected chi connectivity index (χ4v) is 4.00. The van der Waals surface area contributed by atoms with Crippen LogP contribution in [0.3, 0.4) is 0 Å². The summed E-state index contributed by atoms with van der Waals surface area (Å²) in [6, 6.07) is 10.1. The van der Waals surface area contributed by atoms with E-state index in [1.807, 2.05) is 17.5 Å². The van der Waals surface area contributed by atoms with Crippen LogP contribution in [0.15, 0.2) is 46.6 Å². The summed E-state index contributed by atoms with van der Waals surface area (Å²) in [5.74, 6) is -0.203. The molecule has 0 bridgehead atoms. The molecule has 1 N–H and O–H groups in total. The summed E-state index contributed by atoms with van der Waals surface area (Å²) in [6.45, 7) is 0.461. The molecule has 3 amide bonds. The third-order valence-electron chi connectivity index (χ3n) is 4.83. The number of nitrogens with zero attached hydrogens (tertiary/aromatic N) is 4. The van der Waals surface area contributed by atoms with Crippen molar-refractivity contribution in [3.63, 3.8) is 0 Å². The predicted octanol–water partition coefficient (Wildman–Crippen LogP) is 1.39. The van der Waals surface area contributed by atoms with Crippen LogP contribution in [0, 0.1) is 0 Å². The summed E-state index contributed by atoms with van der Waals surface area (Å²) in [6.07, 6.45) is 0.421. The Morgan fingerprint density at radius 2 is 1.80 bits per heavy atom. The van der Waals surface area contributed by atoms with Gasteiger partial charge in [0, 0.05) is 32.0 Å². The van der Waals surface area contributed by atoms with Gasteiger partial charge in [-0.25, -0.2) is 9.48 Å². The molecule has 1 fully saturated rings. The van der Waals surface area contributed by atoms with Crippen molar-refractivity contribution in [3.8, 4) is 10.7 Å². The number of rotatable bonds is 6. The van der Waals surface area contributed by atoms with Gasteiger partial charge in [-0.3, -0.25) is 23.9 Å². The van der Waals surface area contributed by atoms with Crippen molar-refractivity contribution in [2.24, 2.45) is 7.05 Å². The van der Waals surface area contributed by atoms with Crippen LogP contribution in [0.4, 0.5) is 5.69 Å². The maximum absolute atomic E-state index is 12.4. The van der Waals surface area contributed by atoms with Crippen molar-refractivity contribution in [2.75, 3.05) is 11.4 Å². The Morgan fingerprint density at radius 1 is 1.10 bits per heavy atom. The van der Waals surface area contributed by atoms with Crippen molar-refractivity contribution >= 4 is 34.7 Å². The zero-order valence-corrected chi connectivity index (χ0v) is 17.0. The topological polar surface area (TPSA) is 106 Å². The molecule has 0 atom stereocenters. The lowest BCUT2D eigenvalue weighted by atomic mass is 10.2. The number of carbonyl (C=O) groups is 3. The van der Waals surface area contributed by atoms with Crippen LogP contribution < -0.4 is 15.9 Å². The minimum Gasteiger partial charge on any atom is -0.350 e. The molecule has 4 rings (SSSR count). The first kappa shape index (κ1) is 19.8. The number of carbonyl (C=O) groups excluding carboxylic acids is 3. The fourth-order valence-electron chi connectivity index (χ4n) is 3.26.